The molecule has 0 aliphatic carbocycles. The summed E-state index contributed by atoms with van der Waals surface area (Å²) in [7, 11) is 0. The van der Waals surface area contributed by atoms with Gasteiger partial charge in [-0.05, 0) is 40.2 Å². The Hall–Kier alpha value is -2.14. The van der Waals surface area contributed by atoms with E-state index in [4.69, 9.17) is 11.1 Å². The Bertz CT molecular complexity index is 776. The number of hydrogen-bond donors (Lipinski definition) is 2. The molecule has 4 nitrogen and oxygen atoms in total. The number of nitrogen functional groups attached to an aromatic ring is 1. The molecule has 19 heavy (non-hydrogen) atoms. The van der Waals surface area contributed by atoms with E-state index in [9.17, 15) is 0 Å². The fraction of sp³-hybridized carbons (Fsp3) is 0. The van der Waals surface area contributed by atoms with E-state index in [1.54, 1.807) is 0 Å². The summed E-state index contributed by atoms with van der Waals surface area (Å²) in [5.74, 6) is 0.0451. The van der Waals surface area contributed by atoms with Crippen molar-refractivity contribution in [2.24, 2.45) is 5.73 Å². The molecule has 3 rings (SSSR count). The summed E-state index contributed by atoms with van der Waals surface area (Å²) in [4.78, 5) is 0. The van der Waals surface area contributed by atoms with Crippen molar-refractivity contribution in [3.63, 3.8) is 0 Å². The van der Waals surface area contributed by atoms with Crippen molar-refractivity contribution in [1.29, 1.82) is 5.41 Å². The van der Waals surface area contributed by atoms with Crippen LogP contribution in [0.3, 0.4) is 0 Å². The van der Waals surface area contributed by atoms with Crippen LogP contribution in [-0.2, 0) is 0 Å². The number of aromatic nitrogens is 2. The maximum Gasteiger partial charge on any atom is 0.123 e. The van der Waals surface area contributed by atoms with Crippen molar-refractivity contribution >= 4 is 32.7 Å². The van der Waals surface area contributed by atoms with Gasteiger partial charge in [-0.2, -0.15) is 5.10 Å². The largest absolute Gasteiger partial charge is 0.384 e. The van der Waals surface area contributed by atoms with Gasteiger partial charge in [-0.25, -0.2) is 4.68 Å². The van der Waals surface area contributed by atoms with Crippen molar-refractivity contribution in [1.82, 2.24) is 9.78 Å². The normalized spacial score (nSPS) is 10.8. The van der Waals surface area contributed by atoms with Crippen LogP contribution >= 0.6 is 15.9 Å². The molecule has 0 atom stereocenters. The van der Waals surface area contributed by atoms with Crippen molar-refractivity contribution in [2.75, 3.05) is 0 Å². The lowest BCUT2D eigenvalue weighted by Crippen LogP contribution is -2.12. The Morgan fingerprint density at radius 2 is 2.00 bits per heavy atom. The molecule has 3 N–H and O–H groups in total. The summed E-state index contributed by atoms with van der Waals surface area (Å²) in [5, 5.41) is 13.0. The molecule has 0 saturated carbocycles. The van der Waals surface area contributed by atoms with Gasteiger partial charge >= 0.3 is 0 Å². The number of nitrogens with one attached hydrogen (secondary N) is 1. The monoisotopic (exact) mass is 314 g/mol. The fourth-order valence-corrected chi connectivity index (χ4v) is 2.61. The molecule has 0 fully saturated rings. The number of amidine groups is 1. The second kappa shape index (κ2) is 4.51. The van der Waals surface area contributed by atoms with E-state index in [1.807, 2.05) is 53.3 Å². The smallest absolute Gasteiger partial charge is 0.123 e. The van der Waals surface area contributed by atoms with Gasteiger partial charge in [0.05, 0.1) is 17.4 Å². The highest BCUT2D eigenvalue weighted by Gasteiger charge is 2.08. The summed E-state index contributed by atoms with van der Waals surface area (Å²) < 4.78 is 2.65. The van der Waals surface area contributed by atoms with Crippen LogP contribution in [0.2, 0.25) is 0 Å². The molecule has 0 spiro atoms. The van der Waals surface area contributed by atoms with Crippen LogP contribution < -0.4 is 5.73 Å². The third-order valence-electron chi connectivity index (χ3n) is 2.96. The fourth-order valence-electron chi connectivity index (χ4n) is 2.03. The minimum absolute atomic E-state index is 0.0451. The number of halogens is 1. The number of nitrogens with two attached hydrogens (primary N) is 1. The molecule has 0 amide bonds. The summed E-state index contributed by atoms with van der Waals surface area (Å²) >= 11 is 3.44. The van der Waals surface area contributed by atoms with E-state index in [0.717, 1.165) is 21.1 Å². The molecule has 0 bridgehead atoms. The van der Waals surface area contributed by atoms with E-state index in [0.29, 0.717) is 5.56 Å². The first kappa shape index (κ1) is 11.9. The quantitative estimate of drug-likeness (QED) is 0.564. The Kier molecular flexibility index (Phi) is 2.83. The molecule has 0 unspecified atom stereocenters. The van der Waals surface area contributed by atoms with Gasteiger partial charge in [0.25, 0.3) is 0 Å². The zero-order valence-corrected chi connectivity index (χ0v) is 11.6. The average molecular weight is 315 g/mol. The SMILES string of the molecule is N=C(N)c1ccc(-n2ncc3ccccc32)cc1Br. The second-order valence-electron chi connectivity index (χ2n) is 4.19. The van der Waals surface area contributed by atoms with Crippen molar-refractivity contribution in [3.8, 4) is 5.69 Å². The summed E-state index contributed by atoms with van der Waals surface area (Å²) in [6.45, 7) is 0. The molecule has 94 valence electrons. The van der Waals surface area contributed by atoms with Crippen LogP contribution in [-0.4, -0.2) is 15.6 Å². The maximum absolute atomic E-state index is 7.48. The Labute approximate surface area is 118 Å². The van der Waals surface area contributed by atoms with Gasteiger partial charge in [-0.15, -0.1) is 0 Å². The van der Waals surface area contributed by atoms with Gasteiger partial charge in [-0.1, -0.05) is 18.2 Å². The molecule has 0 aliphatic rings. The molecular weight excluding hydrogens is 304 g/mol. The van der Waals surface area contributed by atoms with Crippen LogP contribution in [0.25, 0.3) is 16.6 Å². The van der Waals surface area contributed by atoms with E-state index in [2.05, 4.69) is 21.0 Å². The first-order valence-electron chi connectivity index (χ1n) is 5.74. The molecule has 1 aromatic heterocycles. The zero-order chi connectivity index (χ0) is 13.4. The minimum atomic E-state index is 0.0451. The first-order valence-corrected chi connectivity index (χ1v) is 6.53. The number of benzene rings is 2. The lowest BCUT2D eigenvalue weighted by molar-refractivity contribution is 0.909. The molecule has 3 aromatic rings. The molecule has 5 heteroatoms. The standard InChI is InChI=1S/C14H11BrN4/c15-12-7-10(5-6-11(12)14(16)17)19-13-4-2-1-3-9(13)8-18-19/h1-8H,(H3,16,17). The molecule has 0 aliphatic heterocycles. The lowest BCUT2D eigenvalue weighted by Gasteiger charge is -2.07. The Balaban J connectivity index is 2.17. The highest BCUT2D eigenvalue weighted by molar-refractivity contribution is 9.10. The van der Waals surface area contributed by atoms with E-state index in [-0.39, 0.29) is 5.84 Å². The van der Waals surface area contributed by atoms with Gasteiger partial charge in [0, 0.05) is 15.4 Å². The Morgan fingerprint density at radius 1 is 1.21 bits per heavy atom. The van der Waals surface area contributed by atoms with Gasteiger partial charge in [-0.3, -0.25) is 5.41 Å². The molecule has 0 radical (unpaired) electrons. The highest BCUT2D eigenvalue weighted by Crippen LogP contribution is 2.23. The minimum Gasteiger partial charge on any atom is -0.384 e. The molecule has 1 heterocycles. The van der Waals surface area contributed by atoms with Crippen molar-refractivity contribution in [3.05, 3.63) is 58.7 Å². The number of rotatable bonds is 2. The topological polar surface area (TPSA) is 67.7 Å². The number of nitrogens with zero attached hydrogens (tertiary/aromatic N) is 2. The Morgan fingerprint density at radius 3 is 2.74 bits per heavy atom. The third kappa shape index (κ3) is 2.02. The number of hydrogen-bond acceptors (Lipinski definition) is 2. The van der Waals surface area contributed by atoms with Crippen LogP contribution in [0, 0.1) is 5.41 Å². The van der Waals surface area contributed by atoms with Crippen LogP contribution in [0.4, 0.5) is 0 Å². The molecule has 2 aromatic carbocycles. The maximum atomic E-state index is 7.48. The molecular formula is C14H11BrN4. The summed E-state index contributed by atoms with van der Waals surface area (Å²) in [5.41, 5.74) is 8.16. The van der Waals surface area contributed by atoms with Crippen LogP contribution in [0.5, 0.6) is 0 Å². The number of para-hydroxylation sites is 1. The number of fused-ring (bicyclic) bond motifs is 1. The van der Waals surface area contributed by atoms with Crippen LogP contribution in [0.1, 0.15) is 5.56 Å². The van der Waals surface area contributed by atoms with Gasteiger partial charge in [0.2, 0.25) is 0 Å². The zero-order valence-electron chi connectivity index (χ0n) is 9.97. The lowest BCUT2D eigenvalue weighted by atomic mass is 10.2. The van der Waals surface area contributed by atoms with E-state index < -0.39 is 0 Å². The van der Waals surface area contributed by atoms with E-state index in [1.165, 1.54) is 0 Å². The molecule has 0 saturated heterocycles. The predicted octanol–water partition coefficient (Wildman–Crippen LogP) is 3.07. The van der Waals surface area contributed by atoms with Gasteiger partial charge in [0.15, 0.2) is 0 Å². The summed E-state index contributed by atoms with van der Waals surface area (Å²) in [6.07, 6.45) is 1.84. The van der Waals surface area contributed by atoms with Crippen molar-refractivity contribution < 1.29 is 0 Å². The van der Waals surface area contributed by atoms with Gasteiger partial charge in [0.1, 0.15) is 5.84 Å². The van der Waals surface area contributed by atoms with Crippen molar-refractivity contribution in [2.45, 2.75) is 0 Å². The second-order valence-corrected chi connectivity index (χ2v) is 5.05. The predicted molar refractivity (Wildman–Crippen MR) is 79.8 cm³/mol. The highest BCUT2D eigenvalue weighted by atomic mass is 79.9. The average Bonchev–Trinajstić information content (AvgIpc) is 2.82. The first-order chi connectivity index (χ1) is 9.16. The van der Waals surface area contributed by atoms with Gasteiger partial charge < -0.3 is 5.73 Å². The summed E-state index contributed by atoms with van der Waals surface area (Å²) in [6, 6.07) is 13.7. The third-order valence-corrected chi connectivity index (χ3v) is 3.62. The van der Waals surface area contributed by atoms with Crippen LogP contribution in [0.15, 0.2) is 53.1 Å². The van der Waals surface area contributed by atoms with E-state index >= 15 is 0 Å².